The molecule has 1 aliphatic heterocycles. The molecule has 0 aliphatic carbocycles. The maximum Gasteiger partial charge on any atom is 0.274 e. The number of carbonyl (C=O) groups is 1. The standard InChI is InChI=1S/C17H19N5O3/c1-11-6-13(25-20-11)7-12-9-21(10-15(12)24-2)17(23)14-8-16-18-4-3-5-22(16)19-14/h3-6,8,12,15H,7,9-10H2,1-2H3/t12-,15+/m1/s1. The van der Waals surface area contributed by atoms with Crippen LogP contribution in [0.3, 0.4) is 0 Å². The average molecular weight is 341 g/mol. The number of amides is 1. The lowest BCUT2D eigenvalue weighted by molar-refractivity contribution is 0.0669. The van der Waals surface area contributed by atoms with Crippen LogP contribution >= 0.6 is 0 Å². The topological polar surface area (TPSA) is 85.8 Å². The van der Waals surface area contributed by atoms with Gasteiger partial charge in [-0.25, -0.2) is 9.50 Å². The number of carbonyl (C=O) groups excluding carboxylic acids is 1. The zero-order chi connectivity index (χ0) is 17.4. The molecule has 1 fully saturated rings. The summed E-state index contributed by atoms with van der Waals surface area (Å²) >= 11 is 0. The summed E-state index contributed by atoms with van der Waals surface area (Å²) in [5, 5.41) is 8.23. The highest BCUT2D eigenvalue weighted by Crippen LogP contribution is 2.25. The molecule has 3 aromatic heterocycles. The molecule has 0 spiro atoms. The maximum absolute atomic E-state index is 12.8. The van der Waals surface area contributed by atoms with Gasteiger partial charge in [0.25, 0.3) is 5.91 Å². The van der Waals surface area contributed by atoms with Crippen LogP contribution in [0.2, 0.25) is 0 Å². The maximum atomic E-state index is 12.8. The number of fused-ring (bicyclic) bond motifs is 1. The highest BCUT2D eigenvalue weighted by atomic mass is 16.5. The van der Waals surface area contributed by atoms with E-state index in [4.69, 9.17) is 9.26 Å². The van der Waals surface area contributed by atoms with Gasteiger partial charge >= 0.3 is 0 Å². The molecule has 0 saturated carbocycles. The van der Waals surface area contributed by atoms with E-state index < -0.39 is 0 Å². The van der Waals surface area contributed by atoms with E-state index in [0.29, 0.717) is 30.9 Å². The van der Waals surface area contributed by atoms with E-state index in [1.54, 1.807) is 41.1 Å². The predicted octanol–water partition coefficient (Wildman–Crippen LogP) is 1.36. The first kappa shape index (κ1) is 15.8. The number of nitrogens with zero attached hydrogens (tertiary/aromatic N) is 5. The van der Waals surface area contributed by atoms with Crippen LogP contribution in [0, 0.1) is 12.8 Å². The molecule has 0 bridgehead atoms. The Kier molecular flexibility index (Phi) is 3.96. The Morgan fingerprint density at radius 1 is 1.40 bits per heavy atom. The van der Waals surface area contributed by atoms with Crippen LogP contribution in [0.25, 0.3) is 5.65 Å². The number of hydrogen-bond acceptors (Lipinski definition) is 6. The van der Waals surface area contributed by atoms with Gasteiger partial charge in [0.2, 0.25) is 0 Å². The van der Waals surface area contributed by atoms with Crippen LogP contribution in [0.4, 0.5) is 0 Å². The van der Waals surface area contributed by atoms with Gasteiger partial charge in [-0.2, -0.15) is 5.10 Å². The van der Waals surface area contributed by atoms with Gasteiger partial charge in [0.05, 0.1) is 11.8 Å². The summed E-state index contributed by atoms with van der Waals surface area (Å²) in [4.78, 5) is 18.8. The summed E-state index contributed by atoms with van der Waals surface area (Å²) < 4.78 is 12.5. The third-order valence-corrected chi connectivity index (χ3v) is 4.57. The van der Waals surface area contributed by atoms with E-state index in [1.807, 2.05) is 13.0 Å². The number of aromatic nitrogens is 4. The minimum atomic E-state index is -0.108. The zero-order valence-electron chi connectivity index (χ0n) is 14.1. The molecular weight excluding hydrogens is 322 g/mol. The van der Waals surface area contributed by atoms with Crippen LogP contribution < -0.4 is 0 Å². The van der Waals surface area contributed by atoms with Crippen LogP contribution in [0.15, 0.2) is 35.1 Å². The minimum Gasteiger partial charge on any atom is -0.379 e. The number of aryl methyl sites for hydroxylation is 1. The Balaban J connectivity index is 1.51. The first-order chi connectivity index (χ1) is 12.1. The van der Waals surface area contributed by atoms with E-state index in [1.165, 1.54) is 0 Å². The van der Waals surface area contributed by atoms with Gasteiger partial charge < -0.3 is 14.2 Å². The molecule has 130 valence electrons. The normalized spacial score (nSPS) is 20.5. The second kappa shape index (κ2) is 6.29. The molecule has 0 unspecified atom stereocenters. The number of hydrogen-bond donors (Lipinski definition) is 0. The van der Waals surface area contributed by atoms with Crippen molar-refractivity contribution < 1.29 is 14.1 Å². The van der Waals surface area contributed by atoms with Crippen LogP contribution in [-0.2, 0) is 11.2 Å². The molecule has 3 aromatic rings. The number of ether oxygens (including phenoxy) is 1. The lowest BCUT2D eigenvalue weighted by Gasteiger charge is -2.14. The van der Waals surface area contributed by atoms with E-state index in [2.05, 4.69) is 15.2 Å². The van der Waals surface area contributed by atoms with Crippen molar-refractivity contribution >= 4 is 11.6 Å². The molecule has 2 atom stereocenters. The molecule has 1 saturated heterocycles. The van der Waals surface area contributed by atoms with E-state index >= 15 is 0 Å². The van der Waals surface area contributed by atoms with Crippen molar-refractivity contribution in [3.8, 4) is 0 Å². The first-order valence-corrected chi connectivity index (χ1v) is 8.18. The van der Waals surface area contributed by atoms with Gasteiger partial charge in [0, 0.05) is 57.1 Å². The fourth-order valence-electron chi connectivity index (χ4n) is 3.34. The van der Waals surface area contributed by atoms with Crippen LogP contribution in [0.5, 0.6) is 0 Å². The smallest absolute Gasteiger partial charge is 0.274 e. The molecule has 1 amide bonds. The highest BCUT2D eigenvalue weighted by molar-refractivity contribution is 5.93. The summed E-state index contributed by atoms with van der Waals surface area (Å²) in [6.07, 6.45) is 4.10. The van der Waals surface area contributed by atoms with E-state index in [9.17, 15) is 4.79 Å². The second-order valence-electron chi connectivity index (χ2n) is 6.34. The quantitative estimate of drug-likeness (QED) is 0.712. The van der Waals surface area contributed by atoms with Gasteiger partial charge in [0.1, 0.15) is 5.76 Å². The Labute approximate surface area is 144 Å². The molecule has 8 nitrogen and oxygen atoms in total. The molecule has 0 aromatic carbocycles. The summed E-state index contributed by atoms with van der Waals surface area (Å²) in [7, 11) is 1.67. The fraction of sp³-hybridized carbons (Fsp3) is 0.412. The predicted molar refractivity (Wildman–Crippen MR) is 88.1 cm³/mol. The molecule has 1 aliphatic rings. The van der Waals surface area contributed by atoms with Gasteiger partial charge in [0.15, 0.2) is 11.3 Å². The Morgan fingerprint density at radius 2 is 2.28 bits per heavy atom. The Hall–Kier alpha value is -2.74. The van der Waals surface area contributed by atoms with Gasteiger partial charge in [-0.1, -0.05) is 5.16 Å². The second-order valence-corrected chi connectivity index (χ2v) is 6.34. The molecule has 4 heterocycles. The highest BCUT2D eigenvalue weighted by Gasteiger charge is 2.37. The van der Waals surface area contributed by atoms with Crippen LogP contribution in [-0.4, -0.2) is 56.9 Å². The van der Waals surface area contributed by atoms with Gasteiger partial charge in [-0.3, -0.25) is 4.79 Å². The van der Waals surface area contributed by atoms with Crippen molar-refractivity contribution in [3.05, 3.63) is 47.7 Å². The third kappa shape index (κ3) is 3.00. The summed E-state index contributed by atoms with van der Waals surface area (Å²) in [5.74, 6) is 0.871. The number of methoxy groups -OCH3 is 1. The average Bonchev–Trinajstić information content (AvgIpc) is 3.32. The zero-order valence-corrected chi connectivity index (χ0v) is 14.1. The van der Waals surface area contributed by atoms with E-state index in [-0.39, 0.29) is 17.9 Å². The first-order valence-electron chi connectivity index (χ1n) is 8.18. The lowest BCUT2D eigenvalue weighted by Crippen LogP contribution is -2.30. The molecule has 8 heteroatoms. The monoisotopic (exact) mass is 341 g/mol. The summed E-state index contributed by atoms with van der Waals surface area (Å²) in [6.45, 7) is 3.02. The van der Waals surface area contributed by atoms with Crippen molar-refractivity contribution in [2.75, 3.05) is 20.2 Å². The number of likely N-dealkylation sites (tertiary alicyclic amines) is 1. The molecule has 25 heavy (non-hydrogen) atoms. The fourth-order valence-corrected chi connectivity index (χ4v) is 3.34. The SMILES string of the molecule is CO[C@H]1CN(C(=O)c2cc3ncccn3n2)C[C@H]1Cc1cc(C)no1. The minimum absolute atomic E-state index is 0.0375. The molecular formula is C17H19N5O3. The van der Waals surface area contributed by atoms with Crippen LogP contribution in [0.1, 0.15) is 21.9 Å². The largest absolute Gasteiger partial charge is 0.379 e. The molecule has 0 N–H and O–H groups in total. The molecule has 0 radical (unpaired) electrons. The summed E-state index contributed by atoms with van der Waals surface area (Å²) in [6, 6.07) is 5.41. The van der Waals surface area contributed by atoms with Crippen molar-refractivity contribution in [2.24, 2.45) is 5.92 Å². The van der Waals surface area contributed by atoms with Crippen molar-refractivity contribution in [2.45, 2.75) is 19.4 Å². The van der Waals surface area contributed by atoms with Gasteiger partial charge in [-0.05, 0) is 13.0 Å². The molecule has 4 rings (SSSR count). The van der Waals surface area contributed by atoms with E-state index in [0.717, 1.165) is 11.5 Å². The Bertz CT molecular complexity index is 869. The third-order valence-electron chi connectivity index (χ3n) is 4.57. The van der Waals surface area contributed by atoms with Crippen molar-refractivity contribution in [1.82, 2.24) is 24.7 Å². The lowest BCUT2D eigenvalue weighted by atomic mass is 10.0. The Morgan fingerprint density at radius 3 is 3.00 bits per heavy atom. The summed E-state index contributed by atoms with van der Waals surface area (Å²) in [5.41, 5.74) is 1.90. The van der Waals surface area contributed by atoms with Crippen molar-refractivity contribution in [3.63, 3.8) is 0 Å². The van der Waals surface area contributed by atoms with Gasteiger partial charge in [-0.15, -0.1) is 0 Å². The number of rotatable bonds is 4. The van der Waals surface area contributed by atoms with Crippen molar-refractivity contribution in [1.29, 1.82) is 0 Å².